The molecular weight excluding hydrogens is 228 g/mol. The number of aliphatic hydroxyl groups excluding tert-OH is 1. The summed E-state index contributed by atoms with van der Waals surface area (Å²) in [5.74, 6) is 0. The van der Waals surface area contributed by atoms with E-state index in [0.717, 1.165) is 39.1 Å². The fraction of sp³-hybridized carbons (Fsp3) is 1.00. The molecule has 0 spiro atoms. The monoisotopic (exact) mass is 260 g/mol. The lowest BCUT2D eigenvalue weighted by molar-refractivity contribution is 0.0674. The number of likely N-dealkylation sites (N-methyl/N-ethyl adjacent to an activating group) is 1. The standard InChI is InChI=1S/C14H32N2O2/c1-6-13(7-2)16(9-10-18-5)11-14(4,12-17)15-8-3/h13,15,17H,6-12H2,1-5H3. The lowest BCUT2D eigenvalue weighted by Gasteiger charge is -2.38. The van der Waals surface area contributed by atoms with Gasteiger partial charge in [0.25, 0.3) is 0 Å². The second-order valence-corrected chi connectivity index (χ2v) is 5.18. The van der Waals surface area contributed by atoms with Gasteiger partial charge in [0.05, 0.1) is 18.8 Å². The molecule has 0 saturated heterocycles. The van der Waals surface area contributed by atoms with Gasteiger partial charge in [0.15, 0.2) is 0 Å². The number of hydrogen-bond donors (Lipinski definition) is 2. The van der Waals surface area contributed by atoms with Crippen LogP contribution in [0.5, 0.6) is 0 Å². The molecule has 0 aromatic heterocycles. The molecule has 4 heteroatoms. The van der Waals surface area contributed by atoms with Gasteiger partial charge in [-0.25, -0.2) is 0 Å². The Bertz CT molecular complexity index is 198. The molecular formula is C14H32N2O2. The average Bonchev–Trinajstić information content (AvgIpc) is 2.37. The molecule has 0 bridgehead atoms. The van der Waals surface area contributed by atoms with Crippen molar-refractivity contribution in [3.8, 4) is 0 Å². The molecule has 0 aromatic rings. The quantitative estimate of drug-likeness (QED) is 0.591. The number of hydrogen-bond acceptors (Lipinski definition) is 4. The van der Waals surface area contributed by atoms with Gasteiger partial charge in [-0.3, -0.25) is 4.90 Å². The Kier molecular flexibility index (Phi) is 9.64. The zero-order valence-electron chi connectivity index (χ0n) is 12.8. The molecule has 0 aliphatic carbocycles. The van der Waals surface area contributed by atoms with E-state index in [4.69, 9.17) is 4.74 Å². The van der Waals surface area contributed by atoms with Gasteiger partial charge < -0.3 is 15.2 Å². The van der Waals surface area contributed by atoms with Crippen LogP contribution in [0.1, 0.15) is 40.5 Å². The third kappa shape index (κ3) is 6.14. The Balaban J connectivity index is 4.62. The largest absolute Gasteiger partial charge is 0.394 e. The lowest BCUT2D eigenvalue weighted by atomic mass is 10.00. The number of methoxy groups -OCH3 is 1. The maximum Gasteiger partial charge on any atom is 0.0623 e. The summed E-state index contributed by atoms with van der Waals surface area (Å²) < 4.78 is 5.20. The summed E-state index contributed by atoms with van der Waals surface area (Å²) in [6.45, 7) is 12.1. The van der Waals surface area contributed by atoms with Crippen LogP contribution < -0.4 is 5.32 Å². The summed E-state index contributed by atoms with van der Waals surface area (Å²) in [5.41, 5.74) is -0.231. The summed E-state index contributed by atoms with van der Waals surface area (Å²) in [4.78, 5) is 2.43. The molecule has 1 unspecified atom stereocenters. The van der Waals surface area contributed by atoms with Crippen molar-refractivity contribution in [2.45, 2.75) is 52.1 Å². The van der Waals surface area contributed by atoms with Crippen molar-refractivity contribution in [3.05, 3.63) is 0 Å². The maximum absolute atomic E-state index is 9.60. The van der Waals surface area contributed by atoms with Gasteiger partial charge in [-0.05, 0) is 26.3 Å². The fourth-order valence-electron chi connectivity index (χ4n) is 2.44. The first-order valence-corrected chi connectivity index (χ1v) is 7.15. The van der Waals surface area contributed by atoms with Crippen LogP contribution in [0.25, 0.3) is 0 Å². The predicted octanol–water partition coefficient (Wildman–Crippen LogP) is 1.48. The third-order valence-corrected chi connectivity index (χ3v) is 3.55. The van der Waals surface area contributed by atoms with Crippen LogP contribution >= 0.6 is 0 Å². The highest BCUT2D eigenvalue weighted by atomic mass is 16.5. The second kappa shape index (κ2) is 9.73. The predicted molar refractivity (Wildman–Crippen MR) is 77.0 cm³/mol. The number of nitrogens with zero attached hydrogens (tertiary/aromatic N) is 1. The van der Waals surface area contributed by atoms with E-state index >= 15 is 0 Å². The number of rotatable bonds is 11. The topological polar surface area (TPSA) is 44.7 Å². The van der Waals surface area contributed by atoms with Gasteiger partial charge in [0.1, 0.15) is 0 Å². The fourth-order valence-corrected chi connectivity index (χ4v) is 2.44. The zero-order valence-corrected chi connectivity index (χ0v) is 12.8. The second-order valence-electron chi connectivity index (χ2n) is 5.18. The maximum atomic E-state index is 9.60. The van der Waals surface area contributed by atoms with E-state index in [2.05, 4.69) is 37.9 Å². The first kappa shape index (κ1) is 17.8. The zero-order chi connectivity index (χ0) is 14.0. The molecule has 0 amide bonds. The van der Waals surface area contributed by atoms with Gasteiger partial charge in [0.2, 0.25) is 0 Å². The van der Waals surface area contributed by atoms with Gasteiger partial charge in [0, 0.05) is 26.2 Å². The molecule has 0 heterocycles. The van der Waals surface area contributed by atoms with E-state index in [9.17, 15) is 5.11 Å². The molecule has 110 valence electrons. The normalized spacial score (nSPS) is 15.3. The van der Waals surface area contributed by atoms with E-state index in [1.54, 1.807) is 7.11 Å². The van der Waals surface area contributed by atoms with Crippen LogP contribution in [0.3, 0.4) is 0 Å². The first-order chi connectivity index (χ1) is 8.56. The van der Waals surface area contributed by atoms with Gasteiger partial charge in [-0.1, -0.05) is 20.8 Å². The molecule has 0 radical (unpaired) electrons. The Hall–Kier alpha value is -0.160. The van der Waals surface area contributed by atoms with E-state index in [1.165, 1.54) is 0 Å². The van der Waals surface area contributed by atoms with Crippen LogP contribution in [0, 0.1) is 0 Å². The Morgan fingerprint density at radius 3 is 2.28 bits per heavy atom. The Morgan fingerprint density at radius 2 is 1.89 bits per heavy atom. The van der Waals surface area contributed by atoms with E-state index in [0.29, 0.717) is 6.04 Å². The molecule has 2 N–H and O–H groups in total. The summed E-state index contributed by atoms with van der Waals surface area (Å²) in [5, 5.41) is 13.0. The molecule has 0 aromatic carbocycles. The summed E-state index contributed by atoms with van der Waals surface area (Å²) in [6, 6.07) is 0.560. The molecule has 18 heavy (non-hydrogen) atoms. The molecule has 0 aliphatic heterocycles. The average molecular weight is 260 g/mol. The highest BCUT2D eigenvalue weighted by Crippen LogP contribution is 2.14. The molecule has 1 atom stereocenters. The van der Waals surface area contributed by atoms with Crippen LogP contribution in [-0.2, 0) is 4.74 Å². The minimum atomic E-state index is -0.231. The summed E-state index contributed by atoms with van der Waals surface area (Å²) >= 11 is 0. The lowest BCUT2D eigenvalue weighted by Crippen LogP contribution is -2.56. The van der Waals surface area contributed by atoms with Crippen LogP contribution in [-0.4, -0.2) is 61.5 Å². The highest BCUT2D eigenvalue weighted by molar-refractivity contribution is 4.87. The first-order valence-electron chi connectivity index (χ1n) is 7.15. The van der Waals surface area contributed by atoms with Gasteiger partial charge in [-0.15, -0.1) is 0 Å². The SMILES string of the molecule is CCNC(C)(CO)CN(CCOC)C(CC)CC. The molecule has 0 fully saturated rings. The van der Waals surface area contributed by atoms with Crippen LogP contribution in [0.4, 0.5) is 0 Å². The molecule has 0 aliphatic rings. The van der Waals surface area contributed by atoms with Crippen molar-refractivity contribution >= 4 is 0 Å². The number of ether oxygens (including phenoxy) is 1. The van der Waals surface area contributed by atoms with Crippen molar-refractivity contribution in [2.24, 2.45) is 0 Å². The van der Waals surface area contributed by atoms with E-state index in [1.807, 2.05) is 0 Å². The van der Waals surface area contributed by atoms with Gasteiger partial charge >= 0.3 is 0 Å². The number of aliphatic hydroxyl groups is 1. The van der Waals surface area contributed by atoms with E-state index < -0.39 is 0 Å². The summed E-state index contributed by atoms with van der Waals surface area (Å²) in [6.07, 6.45) is 2.27. The Labute approximate surface area is 113 Å². The summed E-state index contributed by atoms with van der Waals surface area (Å²) in [7, 11) is 1.74. The highest BCUT2D eigenvalue weighted by Gasteiger charge is 2.27. The van der Waals surface area contributed by atoms with Crippen LogP contribution in [0.2, 0.25) is 0 Å². The van der Waals surface area contributed by atoms with Crippen molar-refractivity contribution < 1.29 is 9.84 Å². The minimum Gasteiger partial charge on any atom is -0.394 e. The van der Waals surface area contributed by atoms with E-state index in [-0.39, 0.29) is 12.1 Å². The van der Waals surface area contributed by atoms with Crippen molar-refractivity contribution in [1.29, 1.82) is 0 Å². The molecule has 0 saturated carbocycles. The van der Waals surface area contributed by atoms with Crippen molar-refractivity contribution in [2.75, 3.05) is 40.0 Å². The Morgan fingerprint density at radius 1 is 1.28 bits per heavy atom. The molecule has 4 nitrogen and oxygen atoms in total. The van der Waals surface area contributed by atoms with Crippen LogP contribution in [0.15, 0.2) is 0 Å². The van der Waals surface area contributed by atoms with Crippen molar-refractivity contribution in [1.82, 2.24) is 10.2 Å². The van der Waals surface area contributed by atoms with Crippen molar-refractivity contribution in [3.63, 3.8) is 0 Å². The smallest absolute Gasteiger partial charge is 0.0623 e. The number of nitrogens with one attached hydrogen (secondary N) is 1. The van der Waals surface area contributed by atoms with Gasteiger partial charge in [-0.2, -0.15) is 0 Å². The minimum absolute atomic E-state index is 0.157. The third-order valence-electron chi connectivity index (χ3n) is 3.55. The molecule has 0 rings (SSSR count).